The predicted molar refractivity (Wildman–Crippen MR) is 114 cm³/mol. The van der Waals surface area contributed by atoms with Crippen LogP contribution in [-0.2, 0) is 17.8 Å². The first kappa shape index (κ1) is 19.4. The first-order chi connectivity index (χ1) is 14.0. The summed E-state index contributed by atoms with van der Waals surface area (Å²) in [6, 6.07) is 18.9. The van der Waals surface area contributed by atoms with E-state index in [1.54, 1.807) is 24.3 Å². The molecule has 0 aliphatic rings. The lowest BCUT2D eigenvalue weighted by Gasteiger charge is -2.11. The first-order valence-electron chi connectivity index (χ1n) is 8.94. The second-order valence-corrected chi connectivity index (χ2v) is 7.39. The highest BCUT2D eigenvalue weighted by Gasteiger charge is 2.16. The number of para-hydroxylation sites is 3. The fraction of sp³-hybridized carbons (Fsp3) is 0.0909. The van der Waals surface area contributed by atoms with Crippen molar-refractivity contribution >= 4 is 45.8 Å². The van der Waals surface area contributed by atoms with Crippen LogP contribution in [0.5, 0.6) is 0 Å². The molecule has 29 heavy (non-hydrogen) atoms. The summed E-state index contributed by atoms with van der Waals surface area (Å²) in [7, 11) is 0. The Bertz CT molecular complexity index is 1210. The molecule has 4 nitrogen and oxygen atoms in total. The van der Waals surface area contributed by atoms with Crippen LogP contribution >= 0.6 is 23.2 Å². The van der Waals surface area contributed by atoms with Crippen molar-refractivity contribution in [2.24, 2.45) is 0 Å². The van der Waals surface area contributed by atoms with E-state index < -0.39 is 5.82 Å². The van der Waals surface area contributed by atoms with E-state index >= 15 is 0 Å². The zero-order chi connectivity index (χ0) is 20.4. The van der Waals surface area contributed by atoms with Gasteiger partial charge in [-0.2, -0.15) is 0 Å². The Morgan fingerprint density at radius 1 is 1.03 bits per heavy atom. The van der Waals surface area contributed by atoms with E-state index in [1.807, 2.05) is 34.9 Å². The molecular formula is C22H16Cl2FN3O. The molecule has 1 N–H and O–H groups in total. The molecule has 0 radical (unpaired) electrons. The maximum absolute atomic E-state index is 13.9. The number of nitrogens with zero attached hydrogens (tertiary/aromatic N) is 2. The third-order valence-corrected chi connectivity index (χ3v) is 5.13. The third kappa shape index (κ3) is 4.26. The van der Waals surface area contributed by atoms with E-state index in [0.717, 1.165) is 16.6 Å². The van der Waals surface area contributed by atoms with Crippen LogP contribution in [0.3, 0.4) is 0 Å². The van der Waals surface area contributed by atoms with Gasteiger partial charge >= 0.3 is 0 Å². The SMILES string of the molecule is O=C(Cn1c(Cc2ccc(Cl)cc2Cl)nc2ccccc21)Nc1ccccc1F. The lowest BCUT2D eigenvalue weighted by atomic mass is 10.1. The molecule has 0 atom stereocenters. The predicted octanol–water partition coefficient (Wildman–Crippen LogP) is 5.71. The number of imidazole rings is 1. The summed E-state index contributed by atoms with van der Waals surface area (Å²) in [5.74, 6) is -0.148. The van der Waals surface area contributed by atoms with Gasteiger partial charge in [-0.3, -0.25) is 4.79 Å². The van der Waals surface area contributed by atoms with Crippen molar-refractivity contribution in [3.05, 3.63) is 94.0 Å². The molecule has 0 saturated heterocycles. The van der Waals surface area contributed by atoms with Crippen LogP contribution < -0.4 is 5.32 Å². The van der Waals surface area contributed by atoms with Gasteiger partial charge in [-0.15, -0.1) is 0 Å². The van der Waals surface area contributed by atoms with E-state index in [2.05, 4.69) is 10.3 Å². The summed E-state index contributed by atoms with van der Waals surface area (Å²) in [6.45, 7) is -0.00457. The summed E-state index contributed by atoms with van der Waals surface area (Å²) in [5, 5.41) is 3.70. The number of carbonyl (C=O) groups excluding carboxylic acids is 1. The van der Waals surface area contributed by atoms with E-state index in [9.17, 15) is 9.18 Å². The van der Waals surface area contributed by atoms with Crippen molar-refractivity contribution in [3.8, 4) is 0 Å². The molecule has 146 valence electrons. The van der Waals surface area contributed by atoms with Crippen LogP contribution in [0.2, 0.25) is 10.0 Å². The molecule has 0 aliphatic heterocycles. The molecule has 1 aromatic heterocycles. The van der Waals surface area contributed by atoms with Gasteiger partial charge in [-0.1, -0.05) is 53.5 Å². The van der Waals surface area contributed by atoms with Gasteiger partial charge in [0.25, 0.3) is 0 Å². The maximum atomic E-state index is 13.9. The van der Waals surface area contributed by atoms with Crippen molar-refractivity contribution in [1.29, 1.82) is 0 Å². The van der Waals surface area contributed by atoms with E-state index in [-0.39, 0.29) is 18.1 Å². The molecule has 4 aromatic rings. The summed E-state index contributed by atoms with van der Waals surface area (Å²) in [4.78, 5) is 17.3. The Morgan fingerprint density at radius 2 is 1.79 bits per heavy atom. The minimum absolute atomic E-state index is 0.00457. The second kappa shape index (κ2) is 8.23. The molecule has 1 amide bonds. The number of anilines is 1. The molecule has 7 heteroatoms. The van der Waals surface area contributed by atoms with E-state index in [1.165, 1.54) is 12.1 Å². The van der Waals surface area contributed by atoms with Crippen molar-refractivity contribution in [2.45, 2.75) is 13.0 Å². The third-order valence-electron chi connectivity index (χ3n) is 4.55. The molecule has 0 bridgehead atoms. The summed E-state index contributed by atoms with van der Waals surface area (Å²) < 4.78 is 15.7. The highest BCUT2D eigenvalue weighted by Crippen LogP contribution is 2.25. The quantitative estimate of drug-likeness (QED) is 0.443. The monoisotopic (exact) mass is 427 g/mol. The number of fused-ring (bicyclic) bond motifs is 1. The zero-order valence-corrected chi connectivity index (χ0v) is 16.7. The van der Waals surface area contributed by atoms with Gasteiger partial charge in [0.2, 0.25) is 5.91 Å². The van der Waals surface area contributed by atoms with Crippen molar-refractivity contribution < 1.29 is 9.18 Å². The van der Waals surface area contributed by atoms with Crippen LogP contribution in [0.25, 0.3) is 11.0 Å². The fourth-order valence-corrected chi connectivity index (χ4v) is 3.64. The van der Waals surface area contributed by atoms with Gasteiger partial charge in [0.15, 0.2) is 0 Å². The van der Waals surface area contributed by atoms with Crippen LogP contribution in [-0.4, -0.2) is 15.5 Å². The Hall–Kier alpha value is -2.89. The van der Waals surface area contributed by atoms with Gasteiger partial charge in [0, 0.05) is 16.5 Å². The molecule has 0 spiro atoms. The maximum Gasteiger partial charge on any atom is 0.244 e. The summed E-state index contributed by atoms with van der Waals surface area (Å²) in [5.41, 5.74) is 2.58. The summed E-state index contributed by atoms with van der Waals surface area (Å²) in [6.07, 6.45) is 0.428. The normalized spacial score (nSPS) is 11.0. The number of benzene rings is 3. The molecule has 4 rings (SSSR count). The molecule has 0 aliphatic carbocycles. The van der Waals surface area contributed by atoms with Crippen LogP contribution in [0.4, 0.5) is 10.1 Å². The molecule has 1 heterocycles. The number of hydrogen-bond acceptors (Lipinski definition) is 2. The minimum Gasteiger partial charge on any atom is -0.322 e. The second-order valence-electron chi connectivity index (χ2n) is 6.54. The Kier molecular flexibility index (Phi) is 5.51. The standard InChI is InChI=1S/C22H16Cl2FN3O/c23-15-10-9-14(16(24)12-15)11-21-26-19-7-3-4-8-20(19)28(21)13-22(29)27-18-6-2-1-5-17(18)25/h1-10,12H,11,13H2,(H,27,29). The largest absolute Gasteiger partial charge is 0.322 e. The van der Waals surface area contributed by atoms with Gasteiger partial charge in [-0.25, -0.2) is 9.37 Å². The number of carbonyl (C=O) groups is 1. The number of hydrogen-bond donors (Lipinski definition) is 1. The number of nitrogens with one attached hydrogen (secondary N) is 1. The van der Waals surface area contributed by atoms with Gasteiger partial charge in [0.1, 0.15) is 18.2 Å². The van der Waals surface area contributed by atoms with Crippen LogP contribution in [0, 0.1) is 5.82 Å². The van der Waals surface area contributed by atoms with Crippen molar-refractivity contribution in [2.75, 3.05) is 5.32 Å². The first-order valence-corrected chi connectivity index (χ1v) is 9.69. The molecular weight excluding hydrogens is 412 g/mol. The highest BCUT2D eigenvalue weighted by atomic mass is 35.5. The van der Waals surface area contributed by atoms with Gasteiger partial charge < -0.3 is 9.88 Å². The van der Waals surface area contributed by atoms with Crippen LogP contribution in [0.1, 0.15) is 11.4 Å². The van der Waals surface area contributed by atoms with Gasteiger partial charge in [-0.05, 0) is 42.0 Å². The lowest BCUT2D eigenvalue weighted by molar-refractivity contribution is -0.116. The Morgan fingerprint density at radius 3 is 2.59 bits per heavy atom. The molecule has 0 unspecified atom stereocenters. The number of aromatic nitrogens is 2. The fourth-order valence-electron chi connectivity index (χ4n) is 3.17. The summed E-state index contributed by atoms with van der Waals surface area (Å²) >= 11 is 12.3. The van der Waals surface area contributed by atoms with Crippen molar-refractivity contribution in [1.82, 2.24) is 9.55 Å². The highest BCUT2D eigenvalue weighted by molar-refractivity contribution is 6.35. The molecule has 0 fully saturated rings. The van der Waals surface area contributed by atoms with Gasteiger partial charge in [0.05, 0.1) is 16.7 Å². The number of rotatable bonds is 5. The Labute approximate surface area is 176 Å². The lowest BCUT2D eigenvalue weighted by Crippen LogP contribution is -2.21. The smallest absolute Gasteiger partial charge is 0.244 e. The molecule has 3 aromatic carbocycles. The van der Waals surface area contributed by atoms with Crippen LogP contribution in [0.15, 0.2) is 66.7 Å². The zero-order valence-electron chi connectivity index (χ0n) is 15.2. The van der Waals surface area contributed by atoms with E-state index in [0.29, 0.717) is 22.3 Å². The number of halogens is 3. The average molecular weight is 428 g/mol. The van der Waals surface area contributed by atoms with E-state index in [4.69, 9.17) is 23.2 Å². The van der Waals surface area contributed by atoms with Crippen molar-refractivity contribution in [3.63, 3.8) is 0 Å². The molecule has 0 saturated carbocycles. The minimum atomic E-state index is -0.482. The average Bonchev–Trinajstić information content (AvgIpc) is 3.03. The number of amides is 1. The topological polar surface area (TPSA) is 46.9 Å². The Balaban J connectivity index is 1.66.